The van der Waals surface area contributed by atoms with Crippen LogP contribution in [0, 0.1) is 6.92 Å². The molecule has 0 fully saturated rings. The van der Waals surface area contributed by atoms with Crippen molar-refractivity contribution in [1.82, 2.24) is 15.3 Å². The third-order valence-electron chi connectivity index (χ3n) is 3.13. The molecule has 1 heterocycles. The van der Waals surface area contributed by atoms with Gasteiger partial charge < -0.3 is 5.32 Å². The van der Waals surface area contributed by atoms with Crippen LogP contribution in [0.4, 0.5) is 0 Å². The number of aromatic nitrogens is 2. The highest BCUT2D eigenvalue weighted by Gasteiger charge is 2.12. The van der Waals surface area contributed by atoms with Gasteiger partial charge in [0.1, 0.15) is 5.82 Å². The van der Waals surface area contributed by atoms with Crippen LogP contribution in [-0.4, -0.2) is 16.5 Å². The summed E-state index contributed by atoms with van der Waals surface area (Å²) in [7, 11) is 0. The van der Waals surface area contributed by atoms with Crippen molar-refractivity contribution in [3.8, 4) is 0 Å². The number of hydrogen-bond donors (Lipinski definition) is 1. The van der Waals surface area contributed by atoms with Gasteiger partial charge in [0.15, 0.2) is 0 Å². The number of benzene rings is 1. The Morgan fingerprint density at radius 2 is 1.79 bits per heavy atom. The van der Waals surface area contributed by atoms with E-state index in [9.17, 15) is 0 Å². The number of hydrogen-bond acceptors (Lipinski definition) is 3. The molecule has 1 atom stereocenters. The Kier molecular flexibility index (Phi) is 5.04. The lowest BCUT2D eigenvalue weighted by atomic mass is 10.0. The van der Waals surface area contributed by atoms with Crippen molar-refractivity contribution in [3.05, 3.63) is 59.7 Å². The van der Waals surface area contributed by atoms with Gasteiger partial charge in [-0.1, -0.05) is 37.3 Å². The highest BCUT2D eigenvalue weighted by Crippen LogP contribution is 2.15. The van der Waals surface area contributed by atoms with E-state index in [0.29, 0.717) is 0 Å². The summed E-state index contributed by atoms with van der Waals surface area (Å²) in [5.41, 5.74) is 2.46. The maximum Gasteiger partial charge on any atom is 0.145 e. The first-order chi connectivity index (χ1) is 9.29. The summed E-state index contributed by atoms with van der Waals surface area (Å²) >= 11 is 0. The minimum atomic E-state index is 0.228. The molecule has 0 saturated heterocycles. The van der Waals surface area contributed by atoms with E-state index >= 15 is 0 Å². The summed E-state index contributed by atoms with van der Waals surface area (Å²) in [5.74, 6) is 0.892. The molecule has 3 heteroatoms. The number of rotatable bonds is 6. The molecular formula is C16H21N3. The standard InChI is InChI=1S/C16H21N3/c1-3-17-15(16-18-11-13(2)12-19-16)10-9-14-7-5-4-6-8-14/h4-8,11-12,15,17H,3,9-10H2,1-2H3. The van der Waals surface area contributed by atoms with E-state index in [2.05, 4.69) is 46.5 Å². The van der Waals surface area contributed by atoms with Crippen molar-refractivity contribution in [2.24, 2.45) is 0 Å². The van der Waals surface area contributed by atoms with Crippen molar-refractivity contribution < 1.29 is 0 Å². The zero-order valence-corrected chi connectivity index (χ0v) is 11.6. The SMILES string of the molecule is CCNC(CCc1ccccc1)c1ncc(C)cn1. The highest BCUT2D eigenvalue weighted by molar-refractivity contribution is 5.15. The molecule has 1 aromatic carbocycles. The fourth-order valence-corrected chi connectivity index (χ4v) is 2.11. The second-order valence-electron chi connectivity index (χ2n) is 4.75. The molecule has 0 bridgehead atoms. The normalized spacial score (nSPS) is 12.3. The van der Waals surface area contributed by atoms with Gasteiger partial charge in [0.2, 0.25) is 0 Å². The smallest absolute Gasteiger partial charge is 0.145 e. The largest absolute Gasteiger partial charge is 0.308 e. The average Bonchev–Trinajstić information content (AvgIpc) is 2.46. The van der Waals surface area contributed by atoms with E-state index in [-0.39, 0.29) is 6.04 Å². The fourth-order valence-electron chi connectivity index (χ4n) is 2.11. The van der Waals surface area contributed by atoms with Gasteiger partial charge in [-0.2, -0.15) is 0 Å². The lowest BCUT2D eigenvalue weighted by molar-refractivity contribution is 0.490. The van der Waals surface area contributed by atoms with Gasteiger partial charge >= 0.3 is 0 Å². The molecule has 3 nitrogen and oxygen atoms in total. The molecule has 19 heavy (non-hydrogen) atoms. The molecule has 100 valence electrons. The lowest BCUT2D eigenvalue weighted by Crippen LogP contribution is -2.23. The van der Waals surface area contributed by atoms with E-state index in [4.69, 9.17) is 0 Å². The second kappa shape index (κ2) is 7.00. The van der Waals surface area contributed by atoms with Crippen LogP contribution >= 0.6 is 0 Å². The predicted octanol–water partition coefficient (Wildman–Crippen LogP) is 3.07. The Hall–Kier alpha value is -1.74. The van der Waals surface area contributed by atoms with Crippen LogP contribution in [0.2, 0.25) is 0 Å². The Morgan fingerprint density at radius 3 is 2.42 bits per heavy atom. The first-order valence-electron chi connectivity index (χ1n) is 6.85. The van der Waals surface area contributed by atoms with Crippen LogP contribution in [0.1, 0.15) is 36.3 Å². The van der Waals surface area contributed by atoms with Crippen LogP contribution < -0.4 is 5.32 Å². The van der Waals surface area contributed by atoms with Crippen molar-refractivity contribution in [1.29, 1.82) is 0 Å². The second-order valence-corrected chi connectivity index (χ2v) is 4.75. The summed E-state index contributed by atoms with van der Waals surface area (Å²) in [6.45, 7) is 5.05. The molecule has 0 amide bonds. The molecule has 0 spiro atoms. The van der Waals surface area contributed by atoms with E-state index < -0.39 is 0 Å². The molecule has 0 aliphatic heterocycles. The van der Waals surface area contributed by atoms with E-state index in [1.807, 2.05) is 25.4 Å². The molecule has 2 aromatic rings. The molecule has 1 unspecified atom stereocenters. The van der Waals surface area contributed by atoms with E-state index in [1.165, 1.54) is 5.56 Å². The molecule has 0 radical (unpaired) electrons. The molecule has 1 aromatic heterocycles. The third kappa shape index (κ3) is 4.14. The zero-order valence-electron chi connectivity index (χ0n) is 11.6. The van der Waals surface area contributed by atoms with Crippen LogP contribution in [0.15, 0.2) is 42.7 Å². The number of aryl methyl sites for hydroxylation is 2. The van der Waals surface area contributed by atoms with Crippen molar-refractivity contribution in [2.75, 3.05) is 6.54 Å². The predicted molar refractivity (Wildman–Crippen MR) is 77.9 cm³/mol. The van der Waals surface area contributed by atoms with Gasteiger partial charge in [-0.15, -0.1) is 0 Å². The average molecular weight is 255 g/mol. The van der Waals surface area contributed by atoms with Crippen molar-refractivity contribution in [2.45, 2.75) is 32.7 Å². The Morgan fingerprint density at radius 1 is 1.11 bits per heavy atom. The highest BCUT2D eigenvalue weighted by atomic mass is 15.0. The molecule has 0 aliphatic rings. The summed E-state index contributed by atoms with van der Waals surface area (Å²) in [6, 6.07) is 10.8. The molecule has 2 rings (SSSR count). The van der Waals surface area contributed by atoms with E-state index in [1.54, 1.807) is 0 Å². The first kappa shape index (κ1) is 13.7. The zero-order chi connectivity index (χ0) is 13.5. The van der Waals surface area contributed by atoms with Gasteiger partial charge in [-0.25, -0.2) is 9.97 Å². The van der Waals surface area contributed by atoms with Crippen LogP contribution in [0.5, 0.6) is 0 Å². The summed E-state index contributed by atoms with van der Waals surface area (Å²) in [4.78, 5) is 8.87. The molecular weight excluding hydrogens is 234 g/mol. The Labute approximate surface area is 115 Å². The topological polar surface area (TPSA) is 37.8 Å². The maximum atomic E-state index is 4.44. The van der Waals surface area contributed by atoms with Gasteiger partial charge in [0.05, 0.1) is 6.04 Å². The molecule has 0 aliphatic carbocycles. The van der Waals surface area contributed by atoms with Gasteiger partial charge in [0, 0.05) is 12.4 Å². The van der Waals surface area contributed by atoms with Crippen LogP contribution in [-0.2, 0) is 6.42 Å². The lowest BCUT2D eigenvalue weighted by Gasteiger charge is -2.16. The summed E-state index contributed by atoms with van der Waals surface area (Å²) in [6.07, 6.45) is 5.82. The first-order valence-corrected chi connectivity index (χ1v) is 6.85. The fraction of sp³-hybridized carbons (Fsp3) is 0.375. The van der Waals surface area contributed by atoms with Gasteiger partial charge in [-0.3, -0.25) is 0 Å². The molecule has 1 N–H and O–H groups in total. The number of nitrogens with one attached hydrogen (secondary N) is 1. The van der Waals surface area contributed by atoms with E-state index in [0.717, 1.165) is 30.8 Å². The Bertz CT molecular complexity index is 479. The monoisotopic (exact) mass is 255 g/mol. The summed E-state index contributed by atoms with van der Waals surface area (Å²) in [5, 5.41) is 3.46. The quantitative estimate of drug-likeness (QED) is 0.862. The van der Waals surface area contributed by atoms with Gasteiger partial charge in [0.25, 0.3) is 0 Å². The minimum absolute atomic E-state index is 0.228. The van der Waals surface area contributed by atoms with Gasteiger partial charge in [-0.05, 0) is 37.4 Å². The third-order valence-corrected chi connectivity index (χ3v) is 3.13. The van der Waals surface area contributed by atoms with Crippen molar-refractivity contribution >= 4 is 0 Å². The number of nitrogens with zero attached hydrogens (tertiary/aromatic N) is 2. The molecule has 0 saturated carbocycles. The van der Waals surface area contributed by atoms with Crippen molar-refractivity contribution in [3.63, 3.8) is 0 Å². The van der Waals surface area contributed by atoms with Crippen LogP contribution in [0.3, 0.4) is 0 Å². The Balaban J connectivity index is 2.02. The maximum absolute atomic E-state index is 4.44. The minimum Gasteiger partial charge on any atom is -0.308 e. The summed E-state index contributed by atoms with van der Waals surface area (Å²) < 4.78 is 0. The van der Waals surface area contributed by atoms with Crippen LogP contribution in [0.25, 0.3) is 0 Å².